The van der Waals surface area contributed by atoms with Crippen LogP contribution in [0.2, 0.25) is 0 Å². The van der Waals surface area contributed by atoms with Crippen molar-refractivity contribution in [3.63, 3.8) is 0 Å². The molecule has 1 atom stereocenters. The molecule has 1 aliphatic heterocycles. The maximum atomic E-state index is 12.6. The molecule has 31 heavy (non-hydrogen) atoms. The van der Waals surface area contributed by atoms with E-state index in [9.17, 15) is 9.59 Å². The number of nitrogens with zero attached hydrogens (tertiary/aromatic N) is 2. The number of likely N-dealkylation sites (tertiary alicyclic amines) is 1. The summed E-state index contributed by atoms with van der Waals surface area (Å²) in [7, 11) is 1.80. The third kappa shape index (κ3) is 6.96. The predicted molar refractivity (Wildman–Crippen MR) is 125 cm³/mol. The summed E-state index contributed by atoms with van der Waals surface area (Å²) in [6.45, 7) is 8.93. The molecular weight excluding hydrogens is 390 g/mol. The molecule has 0 radical (unpaired) electrons. The highest BCUT2D eigenvalue weighted by molar-refractivity contribution is 6.02. The van der Waals surface area contributed by atoms with Crippen LogP contribution >= 0.6 is 0 Å². The van der Waals surface area contributed by atoms with Gasteiger partial charge in [-0.3, -0.25) is 4.79 Å². The SMILES string of the molecule is CN(CC1CCCN(CCC(=O)Nc2cccc3ccccc23)C1)C(=O)OC(C)(C)C. The number of carbonyl (C=O) groups excluding carboxylic acids is 2. The first-order chi connectivity index (χ1) is 14.7. The molecule has 6 nitrogen and oxygen atoms in total. The Morgan fingerprint density at radius 3 is 2.68 bits per heavy atom. The highest BCUT2D eigenvalue weighted by Crippen LogP contribution is 2.23. The van der Waals surface area contributed by atoms with Crippen LogP contribution in [-0.2, 0) is 9.53 Å². The van der Waals surface area contributed by atoms with Gasteiger partial charge in [-0.15, -0.1) is 0 Å². The van der Waals surface area contributed by atoms with Crippen LogP contribution in [0.1, 0.15) is 40.0 Å². The standard InChI is InChI=1S/C25H35N3O3/c1-25(2,3)31-24(30)27(4)17-19-9-8-15-28(18-19)16-14-23(29)26-22-13-7-11-20-10-5-6-12-21(20)22/h5-7,10-13,19H,8-9,14-18H2,1-4H3,(H,26,29). The van der Waals surface area contributed by atoms with Gasteiger partial charge in [0, 0.05) is 44.2 Å². The largest absolute Gasteiger partial charge is 0.444 e. The summed E-state index contributed by atoms with van der Waals surface area (Å²) in [4.78, 5) is 28.8. The fraction of sp³-hybridized carbons (Fsp3) is 0.520. The fourth-order valence-corrected chi connectivity index (χ4v) is 4.11. The maximum absolute atomic E-state index is 12.6. The van der Waals surface area contributed by atoms with Crippen LogP contribution < -0.4 is 5.32 Å². The van der Waals surface area contributed by atoms with Crippen LogP contribution in [0.3, 0.4) is 0 Å². The monoisotopic (exact) mass is 425 g/mol. The topological polar surface area (TPSA) is 61.9 Å². The van der Waals surface area contributed by atoms with Gasteiger partial charge in [0.05, 0.1) is 0 Å². The van der Waals surface area contributed by atoms with E-state index in [4.69, 9.17) is 4.74 Å². The second kappa shape index (κ2) is 10.1. The molecule has 1 N–H and O–H groups in total. The van der Waals surface area contributed by atoms with Crippen LogP contribution in [0, 0.1) is 5.92 Å². The molecule has 6 heteroatoms. The Bertz CT molecular complexity index is 901. The Morgan fingerprint density at radius 1 is 1.16 bits per heavy atom. The quantitative estimate of drug-likeness (QED) is 0.726. The Balaban J connectivity index is 1.47. The van der Waals surface area contributed by atoms with Gasteiger partial charge in [-0.2, -0.15) is 0 Å². The summed E-state index contributed by atoms with van der Waals surface area (Å²) in [5.41, 5.74) is 0.375. The zero-order chi connectivity index (χ0) is 22.4. The number of ether oxygens (including phenoxy) is 1. The van der Waals surface area contributed by atoms with Crippen molar-refractivity contribution >= 4 is 28.5 Å². The number of carbonyl (C=O) groups is 2. The van der Waals surface area contributed by atoms with Crippen molar-refractivity contribution in [2.45, 2.75) is 45.6 Å². The molecule has 2 amide bonds. The van der Waals surface area contributed by atoms with Gasteiger partial charge in [-0.1, -0.05) is 36.4 Å². The Kier molecular flexibility index (Phi) is 7.55. The molecule has 1 fully saturated rings. The zero-order valence-corrected chi connectivity index (χ0v) is 19.2. The highest BCUT2D eigenvalue weighted by Gasteiger charge is 2.25. The van der Waals surface area contributed by atoms with E-state index in [1.807, 2.05) is 63.2 Å². The number of anilines is 1. The lowest BCUT2D eigenvalue weighted by Crippen LogP contribution is -2.43. The molecule has 0 aliphatic carbocycles. The first-order valence-electron chi connectivity index (χ1n) is 11.2. The number of amides is 2. The Morgan fingerprint density at radius 2 is 1.90 bits per heavy atom. The van der Waals surface area contributed by atoms with E-state index >= 15 is 0 Å². The zero-order valence-electron chi connectivity index (χ0n) is 19.2. The molecule has 168 valence electrons. The second-order valence-corrected chi connectivity index (χ2v) is 9.49. The smallest absolute Gasteiger partial charge is 0.410 e. The number of hydrogen-bond donors (Lipinski definition) is 1. The lowest BCUT2D eigenvalue weighted by molar-refractivity contribution is -0.116. The molecule has 0 spiro atoms. The molecule has 0 bridgehead atoms. The molecule has 2 aromatic rings. The lowest BCUT2D eigenvalue weighted by atomic mass is 9.97. The van der Waals surface area contributed by atoms with Crippen molar-refractivity contribution in [1.29, 1.82) is 0 Å². The maximum Gasteiger partial charge on any atom is 0.410 e. The molecule has 1 saturated heterocycles. The van der Waals surface area contributed by atoms with Gasteiger partial charge >= 0.3 is 6.09 Å². The van der Waals surface area contributed by atoms with Crippen molar-refractivity contribution < 1.29 is 14.3 Å². The van der Waals surface area contributed by atoms with E-state index in [2.05, 4.69) is 10.2 Å². The van der Waals surface area contributed by atoms with Gasteiger partial charge in [0.25, 0.3) is 0 Å². The Labute approximate surface area is 185 Å². The van der Waals surface area contributed by atoms with E-state index < -0.39 is 5.60 Å². The van der Waals surface area contributed by atoms with Crippen LogP contribution in [0.25, 0.3) is 10.8 Å². The third-order valence-corrected chi connectivity index (χ3v) is 5.56. The molecule has 1 unspecified atom stereocenters. The molecule has 3 rings (SSSR count). The Hall–Kier alpha value is -2.60. The summed E-state index contributed by atoms with van der Waals surface area (Å²) in [6.07, 6.45) is 2.35. The average Bonchev–Trinajstić information content (AvgIpc) is 2.71. The summed E-state index contributed by atoms with van der Waals surface area (Å²) in [5.74, 6) is 0.428. The number of nitrogens with one attached hydrogen (secondary N) is 1. The first kappa shape index (κ1) is 23.1. The van der Waals surface area contributed by atoms with E-state index in [-0.39, 0.29) is 12.0 Å². The number of piperidine rings is 1. The van der Waals surface area contributed by atoms with Crippen molar-refractivity contribution in [2.24, 2.45) is 5.92 Å². The van der Waals surface area contributed by atoms with Gasteiger partial charge < -0.3 is 19.9 Å². The average molecular weight is 426 g/mol. The van der Waals surface area contributed by atoms with Crippen molar-refractivity contribution in [3.05, 3.63) is 42.5 Å². The molecule has 1 heterocycles. The minimum Gasteiger partial charge on any atom is -0.444 e. The van der Waals surface area contributed by atoms with Gasteiger partial charge in [0.1, 0.15) is 5.60 Å². The van der Waals surface area contributed by atoms with Crippen LogP contribution in [0.4, 0.5) is 10.5 Å². The predicted octanol–water partition coefficient (Wildman–Crippen LogP) is 4.75. The van der Waals surface area contributed by atoms with Crippen LogP contribution in [0.5, 0.6) is 0 Å². The van der Waals surface area contributed by atoms with E-state index in [1.54, 1.807) is 11.9 Å². The molecule has 0 saturated carbocycles. The van der Waals surface area contributed by atoms with Crippen molar-refractivity contribution in [1.82, 2.24) is 9.80 Å². The molecule has 2 aromatic carbocycles. The number of benzene rings is 2. The van der Waals surface area contributed by atoms with E-state index in [0.717, 1.165) is 48.9 Å². The van der Waals surface area contributed by atoms with Gasteiger partial charge in [0.15, 0.2) is 0 Å². The number of hydrogen-bond acceptors (Lipinski definition) is 4. The lowest BCUT2D eigenvalue weighted by Gasteiger charge is -2.35. The highest BCUT2D eigenvalue weighted by atomic mass is 16.6. The summed E-state index contributed by atoms with van der Waals surface area (Å²) in [6, 6.07) is 14.0. The third-order valence-electron chi connectivity index (χ3n) is 5.56. The molecular formula is C25H35N3O3. The summed E-state index contributed by atoms with van der Waals surface area (Å²) >= 11 is 0. The van der Waals surface area contributed by atoms with Gasteiger partial charge in [0.2, 0.25) is 5.91 Å². The first-order valence-corrected chi connectivity index (χ1v) is 11.2. The minimum atomic E-state index is -0.485. The van der Waals surface area contributed by atoms with Gasteiger partial charge in [-0.05, 0) is 57.5 Å². The normalized spacial score (nSPS) is 17.4. The number of fused-ring (bicyclic) bond motifs is 1. The van der Waals surface area contributed by atoms with Crippen molar-refractivity contribution in [2.75, 3.05) is 38.5 Å². The van der Waals surface area contributed by atoms with Crippen LogP contribution in [0.15, 0.2) is 42.5 Å². The van der Waals surface area contributed by atoms with Crippen LogP contribution in [-0.4, -0.2) is 60.6 Å². The van der Waals surface area contributed by atoms with Crippen molar-refractivity contribution in [3.8, 4) is 0 Å². The molecule has 1 aliphatic rings. The molecule has 0 aromatic heterocycles. The fourth-order valence-electron chi connectivity index (χ4n) is 4.11. The summed E-state index contributed by atoms with van der Waals surface area (Å²) in [5, 5.41) is 5.25. The minimum absolute atomic E-state index is 0.0318. The van der Waals surface area contributed by atoms with E-state index in [0.29, 0.717) is 18.9 Å². The van der Waals surface area contributed by atoms with Gasteiger partial charge in [-0.25, -0.2) is 4.79 Å². The van der Waals surface area contributed by atoms with E-state index in [1.165, 1.54) is 0 Å². The number of rotatable bonds is 6. The second-order valence-electron chi connectivity index (χ2n) is 9.49. The summed E-state index contributed by atoms with van der Waals surface area (Å²) < 4.78 is 5.45.